The number of amides is 1. The number of para-hydroxylation sites is 1. The van der Waals surface area contributed by atoms with Gasteiger partial charge in [-0.1, -0.05) is 41.7 Å². The number of rotatable bonds is 7. The molecule has 1 amide bonds. The molecule has 0 unspecified atom stereocenters. The maximum atomic E-state index is 13.0. The van der Waals surface area contributed by atoms with Crippen LogP contribution in [0.1, 0.15) is 23.4 Å². The minimum Gasteiger partial charge on any atom is -0.357 e. The zero-order valence-electron chi connectivity index (χ0n) is 16.6. The summed E-state index contributed by atoms with van der Waals surface area (Å²) in [5.41, 5.74) is 1.84. The van der Waals surface area contributed by atoms with Gasteiger partial charge in [0.1, 0.15) is 10.8 Å². The van der Waals surface area contributed by atoms with Crippen LogP contribution in [-0.2, 0) is 11.2 Å². The second-order valence-corrected chi connectivity index (χ2v) is 8.48. The molecule has 0 spiro atoms. The first-order valence-corrected chi connectivity index (χ1v) is 10.9. The highest BCUT2D eigenvalue weighted by Gasteiger charge is 2.21. The zero-order chi connectivity index (χ0) is 20.8. The van der Waals surface area contributed by atoms with Crippen molar-refractivity contribution in [1.29, 1.82) is 0 Å². The number of halogens is 1. The van der Waals surface area contributed by atoms with E-state index < -0.39 is 0 Å². The minimum atomic E-state index is -0.234. The number of carbonyl (C=O) groups excluding carboxylic acids is 1. The molecule has 2 heterocycles. The lowest BCUT2D eigenvalue weighted by Crippen LogP contribution is -2.42. The van der Waals surface area contributed by atoms with Crippen LogP contribution in [0.15, 0.2) is 54.6 Å². The number of carbonyl (C=O) groups is 1. The fourth-order valence-corrected chi connectivity index (χ4v) is 4.35. The van der Waals surface area contributed by atoms with Crippen LogP contribution in [0.4, 0.5) is 15.2 Å². The molecular formula is C22H24FN5OS. The molecule has 1 saturated heterocycles. The van der Waals surface area contributed by atoms with E-state index in [4.69, 9.17) is 0 Å². The van der Waals surface area contributed by atoms with E-state index in [1.165, 1.54) is 23.5 Å². The van der Waals surface area contributed by atoms with Gasteiger partial charge in [-0.2, -0.15) is 0 Å². The maximum absolute atomic E-state index is 13.0. The molecule has 0 bridgehead atoms. The number of nitrogens with one attached hydrogen (secondary N) is 2. The van der Waals surface area contributed by atoms with Crippen LogP contribution < -0.4 is 10.6 Å². The largest absolute Gasteiger partial charge is 0.357 e. The molecule has 2 aromatic carbocycles. The fourth-order valence-electron chi connectivity index (χ4n) is 3.50. The van der Waals surface area contributed by atoms with Gasteiger partial charge in [-0.3, -0.25) is 9.69 Å². The average molecular weight is 426 g/mol. The van der Waals surface area contributed by atoms with Crippen LogP contribution in [-0.4, -0.2) is 46.7 Å². The van der Waals surface area contributed by atoms with E-state index in [1.807, 2.05) is 30.3 Å². The van der Waals surface area contributed by atoms with Gasteiger partial charge in [0.25, 0.3) is 0 Å². The molecule has 6 nitrogen and oxygen atoms in total. The Morgan fingerprint density at radius 2 is 1.80 bits per heavy atom. The van der Waals surface area contributed by atoms with Gasteiger partial charge in [-0.25, -0.2) is 4.39 Å². The normalized spacial score (nSPS) is 15.1. The Bertz CT molecular complexity index is 955. The third-order valence-corrected chi connectivity index (χ3v) is 5.93. The molecule has 2 N–H and O–H groups in total. The number of nitrogens with zero attached hydrogens (tertiary/aromatic N) is 3. The van der Waals surface area contributed by atoms with Crippen LogP contribution >= 0.6 is 11.3 Å². The van der Waals surface area contributed by atoms with Gasteiger partial charge in [0.05, 0.1) is 6.54 Å². The van der Waals surface area contributed by atoms with Crippen molar-refractivity contribution in [2.24, 2.45) is 0 Å². The highest BCUT2D eigenvalue weighted by Crippen LogP contribution is 2.22. The SMILES string of the molecule is O=C(CN1CCC(Nc2nnc(Cc3ccc(F)cc3)s2)CC1)Nc1ccccc1. The minimum absolute atomic E-state index is 0.0159. The number of benzene rings is 2. The second-order valence-electron chi connectivity index (χ2n) is 7.41. The molecule has 30 heavy (non-hydrogen) atoms. The maximum Gasteiger partial charge on any atom is 0.238 e. The second kappa shape index (κ2) is 9.77. The van der Waals surface area contributed by atoms with Crippen molar-refractivity contribution in [3.05, 3.63) is 71.0 Å². The number of hydrogen-bond acceptors (Lipinski definition) is 6. The van der Waals surface area contributed by atoms with Gasteiger partial charge in [0.2, 0.25) is 11.0 Å². The highest BCUT2D eigenvalue weighted by atomic mass is 32.1. The molecular weight excluding hydrogens is 401 g/mol. The van der Waals surface area contributed by atoms with Gasteiger partial charge >= 0.3 is 0 Å². The lowest BCUT2D eigenvalue weighted by atomic mass is 10.1. The van der Waals surface area contributed by atoms with Crippen molar-refractivity contribution in [2.75, 3.05) is 30.3 Å². The van der Waals surface area contributed by atoms with Crippen LogP contribution in [0, 0.1) is 5.82 Å². The smallest absolute Gasteiger partial charge is 0.238 e. The van der Waals surface area contributed by atoms with Crippen molar-refractivity contribution in [1.82, 2.24) is 15.1 Å². The summed E-state index contributed by atoms with van der Waals surface area (Å²) in [7, 11) is 0. The molecule has 1 aliphatic heterocycles. The molecule has 3 aromatic rings. The van der Waals surface area contributed by atoms with E-state index in [9.17, 15) is 9.18 Å². The zero-order valence-corrected chi connectivity index (χ0v) is 17.4. The Balaban J connectivity index is 1.21. The Morgan fingerprint density at radius 1 is 1.07 bits per heavy atom. The molecule has 8 heteroatoms. The van der Waals surface area contributed by atoms with Gasteiger partial charge < -0.3 is 10.6 Å². The quantitative estimate of drug-likeness (QED) is 0.603. The molecule has 1 aliphatic rings. The molecule has 0 aliphatic carbocycles. The van der Waals surface area contributed by atoms with Crippen molar-refractivity contribution >= 4 is 28.1 Å². The molecule has 1 aromatic heterocycles. The molecule has 0 radical (unpaired) electrons. The van der Waals surface area contributed by atoms with E-state index in [-0.39, 0.29) is 11.7 Å². The topological polar surface area (TPSA) is 70.2 Å². The number of likely N-dealkylation sites (tertiary alicyclic amines) is 1. The first kappa shape index (κ1) is 20.4. The summed E-state index contributed by atoms with van der Waals surface area (Å²) in [5.74, 6) is -0.218. The Kier molecular flexibility index (Phi) is 6.66. The van der Waals surface area contributed by atoms with Crippen molar-refractivity contribution in [3.63, 3.8) is 0 Å². The summed E-state index contributed by atoms with van der Waals surface area (Å²) in [4.78, 5) is 14.4. The van der Waals surface area contributed by atoms with E-state index in [0.29, 0.717) is 19.0 Å². The Labute approximate surface area is 179 Å². The Hall–Kier alpha value is -2.84. The number of aromatic nitrogens is 2. The molecule has 156 valence electrons. The van der Waals surface area contributed by atoms with Gasteiger partial charge in [-0.15, -0.1) is 10.2 Å². The van der Waals surface area contributed by atoms with Gasteiger partial charge in [0, 0.05) is 31.2 Å². The number of anilines is 2. The average Bonchev–Trinajstić information content (AvgIpc) is 3.18. The number of hydrogen-bond donors (Lipinski definition) is 2. The van der Waals surface area contributed by atoms with Crippen LogP contribution in [0.5, 0.6) is 0 Å². The summed E-state index contributed by atoms with van der Waals surface area (Å²) in [5, 5.41) is 16.6. The first-order valence-electron chi connectivity index (χ1n) is 10.0. The highest BCUT2D eigenvalue weighted by molar-refractivity contribution is 7.15. The predicted octanol–water partition coefficient (Wildman–Crippen LogP) is 3.78. The van der Waals surface area contributed by atoms with Gasteiger partial charge in [-0.05, 0) is 42.7 Å². The molecule has 4 rings (SSSR count). The molecule has 0 atom stereocenters. The van der Waals surface area contributed by atoms with E-state index in [1.54, 1.807) is 12.1 Å². The third kappa shape index (κ3) is 5.84. The summed E-state index contributed by atoms with van der Waals surface area (Å²) in [6.07, 6.45) is 2.55. The lowest BCUT2D eigenvalue weighted by Gasteiger charge is -2.31. The number of piperidine rings is 1. The van der Waals surface area contributed by atoms with Gasteiger partial charge in [0.15, 0.2) is 0 Å². The molecule has 0 saturated carbocycles. The summed E-state index contributed by atoms with van der Waals surface area (Å²) < 4.78 is 13.0. The van der Waals surface area contributed by atoms with Crippen molar-refractivity contribution in [2.45, 2.75) is 25.3 Å². The van der Waals surface area contributed by atoms with Crippen LogP contribution in [0.25, 0.3) is 0 Å². The summed E-state index contributed by atoms with van der Waals surface area (Å²) >= 11 is 1.53. The molecule has 1 fully saturated rings. The lowest BCUT2D eigenvalue weighted by molar-refractivity contribution is -0.117. The van der Waals surface area contributed by atoms with Crippen molar-refractivity contribution < 1.29 is 9.18 Å². The van der Waals surface area contributed by atoms with Crippen LogP contribution in [0.3, 0.4) is 0 Å². The summed E-state index contributed by atoms with van der Waals surface area (Å²) in [6.45, 7) is 2.13. The predicted molar refractivity (Wildman–Crippen MR) is 117 cm³/mol. The summed E-state index contributed by atoms with van der Waals surface area (Å²) in [6, 6.07) is 16.3. The third-order valence-electron chi connectivity index (χ3n) is 5.08. The fraction of sp³-hybridized carbons (Fsp3) is 0.318. The van der Waals surface area contributed by atoms with E-state index in [2.05, 4.69) is 25.7 Å². The first-order chi connectivity index (χ1) is 14.6. The monoisotopic (exact) mass is 425 g/mol. The van der Waals surface area contributed by atoms with Crippen molar-refractivity contribution in [3.8, 4) is 0 Å². The van der Waals surface area contributed by atoms with E-state index in [0.717, 1.165) is 47.3 Å². The Morgan fingerprint density at radius 3 is 2.53 bits per heavy atom. The standard InChI is InChI=1S/C22H24FN5OS/c23-17-8-6-16(7-9-17)14-21-26-27-22(30-21)25-19-10-12-28(13-11-19)15-20(29)24-18-4-2-1-3-5-18/h1-9,19H,10-15H2,(H,24,29)(H,25,27). The van der Waals surface area contributed by atoms with Crippen LogP contribution in [0.2, 0.25) is 0 Å². The van der Waals surface area contributed by atoms with E-state index >= 15 is 0 Å².